The van der Waals surface area contributed by atoms with Crippen molar-refractivity contribution in [1.82, 2.24) is 9.80 Å². The summed E-state index contributed by atoms with van der Waals surface area (Å²) < 4.78 is 27.3. The molecular weight excluding hydrogens is 274 g/mol. The average molecular weight is 292 g/mol. The molecule has 3 nitrogen and oxygen atoms in total. The first-order valence-corrected chi connectivity index (χ1v) is 7.59. The first kappa shape index (κ1) is 13.2. The maximum absolute atomic E-state index is 13.9. The number of carbonyl (C=O) groups is 1. The first-order valence-electron chi connectivity index (χ1n) is 7.59. The molecule has 1 aromatic carbocycles. The summed E-state index contributed by atoms with van der Waals surface area (Å²) in [5.41, 5.74) is -0.133. The van der Waals surface area contributed by atoms with Gasteiger partial charge in [-0.2, -0.15) is 0 Å². The Balaban J connectivity index is 1.66. The second-order valence-corrected chi connectivity index (χ2v) is 6.63. The van der Waals surface area contributed by atoms with Crippen LogP contribution in [0.25, 0.3) is 0 Å². The van der Waals surface area contributed by atoms with Crippen molar-refractivity contribution in [2.24, 2.45) is 11.8 Å². The van der Waals surface area contributed by atoms with Crippen LogP contribution in [0.1, 0.15) is 23.2 Å². The van der Waals surface area contributed by atoms with E-state index in [4.69, 9.17) is 0 Å². The highest BCUT2D eigenvalue weighted by Crippen LogP contribution is 2.37. The number of amides is 1. The molecular formula is C16H18F2N2O. The third kappa shape index (κ3) is 2.14. The van der Waals surface area contributed by atoms with E-state index in [1.165, 1.54) is 12.1 Å². The molecule has 1 aromatic rings. The van der Waals surface area contributed by atoms with Gasteiger partial charge in [-0.25, -0.2) is 8.78 Å². The van der Waals surface area contributed by atoms with Gasteiger partial charge < -0.3 is 9.80 Å². The lowest BCUT2D eigenvalue weighted by molar-refractivity contribution is 0.0569. The Morgan fingerprint density at radius 1 is 1.05 bits per heavy atom. The fourth-order valence-corrected chi connectivity index (χ4v) is 4.36. The summed E-state index contributed by atoms with van der Waals surface area (Å²) in [6.07, 6.45) is 2.15. The molecule has 0 saturated carbocycles. The minimum Gasteiger partial charge on any atom is -0.334 e. The fraction of sp³-hybridized carbons (Fsp3) is 0.562. The molecule has 1 amide bonds. The van der Waals surface area contributed by atoms with Crippen LogP contribution in [0.4, 0.5) is 8.78 Å². The topological polar surface area (TPSA) is 23.6 Å². The molecule has 4 atom stereocenters. The van der Waals surface area contributed by atoms with Gasteiger partial charge in [0.05, 0.1) is 5.56 Å². The highest BCUT2D eigenvalue weighted by atomic mass is 19.2. The van der Waals surface area contributed by atoms with E-state index in [0.29, 0.717) is 18.4 Å². The number of halogens is 2. The maximum Gasteiger partial charge on any atom is 0.257 e. The average Bonchev–Trinajstić information content (AvgIpc) is 2.65. The molecule has 4 unspecified atom stereocenters. The Morgan fingerprint density at radius 2 is 1.86 bits per heavy atom. The van der Waals surface area contributed by atoms with Gasteiger partial charge in [0.1, 0.15) is 0 Å². The van der Waals surface area contributed by atoms with Crippen LogP contribution in [0.5, 0.6) is 0 Å². The van der Waals surface area contributed by atoms with E-state index in [9.17, 15) is 13.6 Å². The van der Waals surface area contributed by atoms with Crippen molar-refractivity contribution in [3.63, 3.8) is 0 Å². The summed E-state index contributed by atoms with van der Waals surface area (Å²) in [5, 5.41) is 0. The predicted molar refractivity (Wildman–Crippen MR) is 73.8 cm³/mol. The van der Waals surface area contributed by atoms with Gasteiger partial charge in [-0.05, 0) is 36.8 Å². The molecule has 4 aliphatic heterocycles. The molecule has 5 heteroatoms. The maximum atomic E-state index is 13.9. The summed E-state index contributed by atoms with van der Waals surface area (Å²) in [6, 6.07) is 3.98. The van der Waals surface area contributed by atoms with E-state index in [1.807, 2.05) is 0 Å². The highest BCUT2D eigenvalue weighted by Gasteiger charge is 2.43. The van der Waals surface area contributed by atoms with Gasteiger partial charge in [-0.3, -0.25) is 4.79 Å². The summed E-state index contributed by atoms with van der Waals surface area (Å²) in [4.78, 5) is 16.9. The van der Waals surface area contributed by atoms with E-state index in [1.54, 1.807) is 4.90 Å². The molecule has 0 aliphatic carbocycles. The van der Waals surface area contributed by atoms with Crippen LogP contribution in [0.2, 0.25) is 0 Å². The standard InChI is InChI=1S/C16H18F2N2O/c17-14-3-1-2-13(15(14)18)16(21)20-8-11-4-10-5-12(20)9-19(6-10)7-11/h1-3,10-12H,4-9H2. The van der Waals surface area contributed by atoms with Crippen LogP contribution in [0.3, 0.4) is 0 Å². The number of rotatable bonds is 1. The summed E-state index contributed by atoms with van der Waals surface area (Å²) in [7, 11) is 0. The number of fused-ring (bicyclic) bond motifs is 1. The van der Waals surface area contributed by atoms with Gasteiger partial charge in [0.2, 0.25) is 0 Å². The second-order valence-electron chi connectivity index (χ2n) is 6.63. The predicted octanol–water partition coefficient (Wildman–Crippen LogP) is 2.13. The van der Waals surface area contributed by atoms with Crippen molar-refractivity contribution in [3.8, 4) is 0 Å². The summed E-state index contributed by atoms with van der Waals surface area (Å²) in [5.74, 6) is -1.21. The molecule has 0 radical (unpaired) electrons. The Kier molecular flexibility index (Phi) is 2.99. The Hall–Kier alpha value is -1.49. The normalized spacial score (nSPS) is 34.1. The van der Waals surface area contributed by atoms with E-state index in [2.05, 4.69) is 4.90 Å². The van der Waals surface area contributed by atoms with E-state index in [-0.39, 0.29) is 17.5 Å². The number of hydrogen-bond acceptors (Lipinski definition) is 2. The lowest BCUT2D eigenvalue weighted by atomic mass is 9.84. The molecule has 4 fully saturated rings. The number of nitrogens with zero attached hydrogens (tertiary/aromatic N) is 2. The largest absolute Gasteiger partial charge is 0.334 e. The van der Waals surface area contributed by atoms with E-state index < -0.39 is 11.6 Å². The van der Waals surface area contributed by atoms with Crippen LogP contribution in [-0.2, 0) is 0 Å². The van der Waals surface area contributed by atoms with Gasteiger partial charge >= 0.3 is 0 Å². The molecule has 4 aliphatic rings. The van der Waals surface area contributed by atoms with Crippen LogP contribution in [0, 0.1) is 23.5 Å². The van der Waals surface area contributed by atoms with Crippen LogP contribution < -0.4 is 0 Å². The lowest BCUT2D eigenvalue weighted by Gasteiger charge is -2.41. The zero-order valence-electron chi connectivity index (χ0n) is 11.8. The van der Waals surface area contributed by atoms with Gasteiger partial charge in [-0.15, -0.1) is 0 Å². The minimum absolute atomic E-state index is 0.133. The van der Waals surface area contributed by atoms with Crippen molar-refractivity contribution in [3.05, 3.63) is 35.4 Å². The second kappa shape index (κ2) is 4.77. The SMILES string of the molecule is O=C(c1cccc(F)c1F)N1CC2CC3CC1CN(C3)C2. The van der Waals surface area contributed by atoms with Crippen molar-refractivity contribution in [2.45, 2.75) is 18.9 Å². The quantitative estimate of drug-likeness (QED) is 0.791. The Labute approximate surface area is 122 Å². The summed E-state index contributed by atoms with van der Waals surface area (Å²) >= 11 is 0. The minimum atomic E-state index is -1.02. The molecule has 4 bridgehead atoms. The third-order valence-corrected chi connectivity index (χ3v) is 5.11. The molecule has 4 saturated heterocycles. The number of hydrogen-bond donors (Lipinski definition) is 0. The smallest absolute Gasteiger partial charge is 0.257 e. The Morgan fingerprint density at radius 3 is 2.67 bits per heavy atom. The lowest BCUT2D eigenvalue weighted by Crippen LogP contribution is -2.50. The third-order valence-electron chi connectivity index (χ3n) is 5.11. The van der Waals surface area contributed by atoms with Gasteiger partial charge in [-0.1, -0.05) is 6.07 Å². The number of carbonyl (C=O) groups excluding carboxylic acids is 1. The van der Waals surface area contributed by atoms with Crippen molar-refractivity contribution in [2.75, 3.05) is 26.2 Å². The number of benzene rings is 1. The van der Waals surface area contributed by atoms with Crippen molar-refractivity contribution < 1.29 is 13.6 Å². The molecule has 4 heterocycles. The van der Waals surface area contributed by atoms with Crippen LogP contribution >= 0.6 is 0 Å². The van der Waals surface area contributed by atoms with Crippen molar-refractivity contribution in [1.29, 1.82) is 0 Å². The molecule has 0 spiro atoms. The molecule has 5 rings (SSSR count). The number of piperidine rings is 2. The van der Waals surface area contributed by atoms with Gasteiger partial charge in [0.15, 0.2) is 11.6 Å². The van der Waals surface area contributed by atoms with E-state index in [0.717, 1.165) is 38.5 Å². The summed E-state index contributed by atoms with van der Waals surface area (Å²) in [6.45, 7) is 3.70. The van der Waals surface area contributed by atoms with Gasteiger partial charge in [0.25, 0.3) is 5.91 Å². The van der Waals surface area contributed by atoms with Crippen molar-refractivity contribution >= 4 is 5.91 Å². The monoisotopic (exact) mass is 292 g/mol. The molecule has 21 heavy (non-hydrogen) atoms. The zero-order chi connectivity index (χ0) is 14.6. The van der Waals surface area contributed by atoms with Gasteiger partial charge in [0, 0.05) is 32.2 Å². The highest BCUT2D eigenvalue weighted by molar-refractivity contribution is 5.94. The van der Waals surface area contributed by atoms with E-state index >= 15 is 0 Å². The Bertz CT molecular complexity index is 578. The zero-order valence-corrected chi connectivity index (χ0v) is 11.8. The fourth-order valence-electron chi connectivity index (χ4n) is 4.36. The molecule has 0 aromatic heterocycles. The van der Waals surface area contributed by atoms with Crippen LogP contribution in [-0.4, -0.2) is 47.9 Å². The molecule has 112 valence electrons. The first-order chi connectivity index (χ1) is 10.1. The molecule has 0 N–H and O–H groups in total. The van der Waals surface area contributed by atoms with Crippen LogP contribution in [0.15, 0.2) is 18.2 Å².